The summed E-state index contributed by atoms with van der Waals surface area (Å²) in [5.74, 6) is 1.60. The fourth-order valence-corrected chi connectivity index (χ4v) is 1.59. The van der Waals surface area contributed by atoms with Crippen molar-refractivity contribution in [3.05, 3.63) is 11.9 Å². The normalized spacial score (nSPS) is 10.2. The number of hydrogen-bond acceptors (Lipinski definition) is 7. The standard InChI is InChI=1S/C12H19N5O2/c1-18-7-6-17(5-3-4-13)12-8-10(14)15-11(16-12)9-19-2/h8H,3,5-7,9H2,1-2H3,(H2,14,15,16). The Morgan fingerprint density at radius 2 is 2.11 bits per heavy atom. The summed E-state index contributed by atoms with van der Waals surface area (Å²) in [5.41, 5.74) is 5.76. The van der Waals surface area contributed by atoms with Crippen molar-refractivity contribution in [2.45, 2.75) is 13.0 Å². The molecule has 0 fully saturated rings. The molecule has 104 valence electrons. The molecule has 0 aliphatic carbocycles. The second-order valence-electron chi connectivity index (χ2n) is 3.89. The summed E-state index contributed by atoms with van der Waals surface area (Å²) < 4.78 is 10.1. The minimum Gasteiger partial charge on any atom is -0.384 e. The third-order valence-corrected chi connectivity index (χ3v) is 2.44. The Kier molecular flexibility index (Phi) is 6.57. The van der Waals surface area contributed by atoms with Crippen LogP contribution in [0.15, 0.2) is 6.07 Å². The molecule has 7 nitrogen and oxygen atoms in total. The van der Waals surface area contributed by atoms with Crippen LogP contribution in [0, 0.1) is 11.3 Å². The van der Waals surface area contributed by atoms with Crippen molar-refractivity contribution in [1.29, 1.82) is 5.26 Å². The highest BCUT2D eigenvalue weighted by Gasteiger charge is 2.10. The van der Waals surface area contributed by atoms with Gasteiger partial charge in [0.1, 0.15) is 18.2 Å². The molecule has 0 radical (unpaired) electrons. The number of nitrogens with zero attached hydrogens (tertiary/aromatic N) is 4. The molecule has 1 aromatic heterocycles. The average Bonchev–Trinajstić information content (AvgIpc) is 2.38. The van der Waals surface area contributed by atoms with Crippen LogP contribution in [0.3, 0.4) is 0 Å². The number of rotatable bonds is 8. The third-order valence-electron chi connectivity index (χ3n) is 2.44. The van der Waals surface area contributed by atoms with E-state index in [1.54, 1.807) is 20.3 Å². The quantitative estimate of drug-likeness (QED) is 0.733. The molecule has 0 unspecified atom stereocenters. The first kappa shape index (κ1) is 15.1. The lowest BCUT2D eigenvalue weighted by Gasteiger charge is -2.22. The number of ether oxygens (including phenoxy) is 2. The SMILES string of the molecule is COCCN(CCC#N)c1cc(N)nc(COC)n1. The van der Waals surface area contributed by atoms with E-state index in [0.29, 0.717) is 50.2 Å². The van der Waals surface area contributed by atoms with Crippen molar-refractivity contribution < 1.29 is 9.47 Å². The van der Waals surface area contributed by atoms with Gasteiger partial charge in [0.25, 0.3) is 0 Å². The van der Waals surface area contributed by atoms with E-state index < -0.39 is 0 Å². The monoisotopic (exact) mass is 265 g/mol. The van der Waals surface area contributed by atoms with Gasteiger partial charge in [-0.15, -0.1) is 0 Å². The van der Waals surface area contributed by atoms with Gasteiger partial charge in [-0.05, 0) is 0 Å². The molecule has 0 spiro atoms. The van der Waals surface area contributed by atoms with Gasteiger partial charge >= 0.3 is 0 Å². The van der Waals surface area contributed by atoms with E-state index in [4.69, 9.17) is 20.5 Å². The topological polar surface area (TPSA) is 97.3 Å². The van der Waals surface area contributed by atoms with E-state index >= 15 is 0 Å². The summed E-state index contributed by atoms with van der Waals surface area (Å²) >= 11 is 0. The van der Waals surface area contributed by atoms with Crippen LogP contribution in [0.4, 0.5) is 11.6 Å². The lowest BCUT2D eigenvalue weighted by atomic mass is 10.3. The number of anilines is 2. The lowest BCUT2D eigenvalue weighted by Crippen LogP contribution is -2.29. The first-order valence-corrected chi connectivity index (χ1v) is 5.94. The molecule has 19 heavy (non-hydrogen) atoms. The zero-order valence-electron chi connectivity index (χ0n) is 11.3. The van der Waals surface area contributed by atoms with Gasteiger partial charge < -0.3 is 20.1 Å². The molecule has 0 atom stereocenters. The molecule has 1 rings (SSSR count). The van der Waals surface area contributed by atoms with Crippen LogP contribution in [0.25, 0.3) is 0 Å². The Morgan fingerprint density at radius 3 is 2.74 bits per heavy atom. The Labute approximate surface area is 113 Å². The largest absolute Gasteiger partial charge is 0.384 e. The molecule has 2 N–H and O–H groups in total. The van der Waals surface area contributed by atoms with Gasteiger partial charge in [0.2, 0.25) is 0 Å². The van der Waals surface area contributed by atoms with Gasteiger partial charge in [0.15, 0.2) is 5.82 Å². The molecular formula is C12H19N5O2. The molecule has 1 aromatic rings. The van der Waals surface area contributed by atoms with Gasteiger partial charge in [0, 0.05) is 33.4 Å². The second kappa shape index (κ2) is 8.24. The zero-order valence-corrected chi connectivity index (χ0v) is 11.3. The highest BCUT2D eigenvalue weighted by molar-refractivity contribution is 5.47. The van der Waals surface area contributed by atoms with Crippen LogP contribution in [0.5, 0.6) is 0 Å². The van der Waals surface area contributed by atoms with E-state index in [9.17, 15) is 0 Å². The summed E-state index contributed by atoms with van der Waals surface area (Å²) in [4.78, 5) is 10.4. The van der Waals surface area contributed by atoms with Crippen LogP contribution in [-0.2, 0) is 16.1 Å². The van der Waals surface area contributed by atoms with Crippen molar-refractivity contribution >= 4 is 11.6 Å². The van der Waals surface area contributed by atoms with Gasteiger partial charge in [-0.1, -0.05) is 0 Å². The molecular weight excluding hydrogens is 246 g/mol. The molecule has 1 heterocycles. The summed E-state index contributed by atoms with van der Waals surface area (Å²) in [7, 11) is 3.21. The van der Waals surface area contributed by atoms with Gasteiger partial charge in [-0.25, -0.2) is 9.97 Å². The van der Waals surface area contributed by atoms with Crippen molar-refractivity contribution in [3.8, 4) is 6.07 Å². The maximum Gasteiger partial charge on any atom is 0.158 e. The number of hydrogen-bond donors (Lipinski definition) is 1. The van der Waals surface area contributed by atoms with E-state index in [1.165, 1.54) is 0 Å². The molecule has 0 bridgehead atoms. The van der Waals surface area contributed by atoms with Crippen LogP contribution in [-0.4, -0.2) is 43.9 Å². The van der Waals surface area contributed by atoms with Crippen molar-refractivity contribution in [2.24, 2.45) is 0 Å². The Hall–Kier alpha value is -1.91. The first-order chi connectivity index (χ1) is 9.21. The van der Waals surface area contributed by atoms with Crippen molar-refractivity contribution in [2.75, 3.05) is 44.5 Å². The number of nitrogens with two attached hydrogens (primary N) is 1. The fraction of sp³-hybridized carbons (Fsp3) is 0.583. The number of nitrogen functional groups attached to an aromatic ring is 1. The molecule has 0 saturated carbocycles. The summed E-state index contributed by atoms with van der Waals surface area (Å²) in [6.07, 6.45) is 0.410. The van der Waals surface area contributed by atoms with Gasteiger partial charge in [-0.2, -0.15) is 5.26 Å². The Morgan fingerprint density at radius 1 is 1.32 bits per heavy atom. The summed E-state index contributed by atoms with van der Waals surface area (Å²) in [6, 6.07) is 3.80. The minimum atomic E-state index is 0.300. The average molecular weight is 265 g/mol. The second-order valence-corrected chi connectivity index (χ2v) is 3.89. The molecule has 0 aliphatic rings. The van der Waals surface area contributed by atoms with E-state index in [0.717, 1.165) is 0 Å². The molecule has 0 amide bonds. The smallest absolute Gasteiger partial charge is 0.158 e. The van der Waals surface area contributed by atoms with Crippen LogP contribution in [0.1, 0.15) is 12.2 Å². The molecule has 0 saturated heterocycles. The third kappa shape index (κ3) is 5.07. The predicted molar refractivity (Wildman–Crippen MR) is 71.5 cm³/mol. The molecule has 0 aliphatic heterocycles. The lowest BCUT2D eigenvalue weighted by molar-refractivity contribution is 0.178. The molecule has 7 heteroatoms. The zero-order chi connectivity index (χ0) is 14.1. The van der Waals surface area contributed by atoms with Gasteiger partial charge in [-0.3, -0.25) is 0 Å². The van der Waals surface area contributed by atoms with Gasteiger partial charge in [0.05, 0.1) is 19.1 Å². The number of nitriles is 1. The molecule has 0 aromatic carbocycles. The predicted octanol–water partition coefficient (Wildman–Crippen LogP) is 0.572. The maximum absolute atomic E-state index is 8.70. The summed E-state index contributed by atoms with van der Waals surface area (Å²) in [6.45, 7) is 2.06. The van der Waals surface area contributed by atoms with Crippen LogP contribution < -0.4 is 10.6 Å². The highest BCUT2D eigenvalue weighted by Crippen LogP contribution is 2.14. The highest BCUT2D eigenvalue weighted by atomic mass is 16.5. The fourth-order valence-electron chi connectivity index (χ4n) is 1.59. The summed E-state index contributed by atoms with van der Waals surface area (Å²) in [5, 5.41) is 8.70. The van der Waals surface area contributed by atoms with Crippen LogP contribution >= 0.6 is 0 Å². The van der Waals surface area contributed by atoms with E-state index in [2.05, 4.69) is 16.0 Å². The van der Waals surface area contributed by atoms with Crippen molar-refractivity contribution in [3.63, 3.8) is 0 Å². The Balaban J connectivity index is 2.89. The Bertz CT molecular complexity index is 433. The first-order valence-electron chi connectivity index (χ1n) is 5.94. The van der Waals surface area contributed by atoms with Crippen molar-refractivity contribution in [1.82, 2.24) is 9.97 Å². The van der Waals surface area contributed by atoms with Crippen LogP contribution in [0.2, 0.25) is 0 Å². The van der Waals surface area contributed by atoms with E-state index in [-0.39, 0.29) is 0 Å². The number of aromatic nitrogens is 2. The maximum atomic E-state index is 8.70. The minimum absolute atomic E-state index is 0.300. The number of methoxy groups -OCH3 is 2. The van der Waals surface area contributed by atoms with E-state index in [1.807, 2.05) is 4.90 Å².